The second-order valence-corrected chi connectivity index (χ2v) is 4.57. The van der Waals surface area contributed by atoms with Gasteiger partial charge < -0.3 is 10.4 Å². The van der Waals surface area contributed by atoms with E-state index in [0.717, 1.165) is 0 Å². The third-order valence-corrected chi connectivity index (χ3v) is 1.97. The van der Waals surface area contributed by atoms with Crippen molar-refractivity contribution in [3.05, 3.63) is 11.8 Å². The number of carbonyl (C=O) groups excluding carboxylic acids is 1. The summed E-state index contributed by atoms with van der Waals surface area (Å²) in [4.78, 5) is 22.5. The molecule has 6 nitrogen and oxygen atoms in total. The molecule has 0 saturated heterocycles. The van der Waals surface area contributed by atoms with Crippen molar-refractivity contribution in [1.29, 1.82) is 0 Å². The first kappa shape index (κ1) is 12.2. The molecule has 0 aliphatic carbocycles. The van der Waals surface area contributed by atoms with Crippen LogP contribution in [-0.2, 0) is 11.8 Å². The van der Waals surface area contributed by atoms with Crippen LogP contribution in [-0.4, -0.2) is 26.8 Å². The van der Waals surface area contributed by atoms with Gasteiger partial charge in [0.15, 0.2) is 5.82 Å². The first-order valence-electron chi connectivity index (χ1n) is 4.80. The zero-order valence-electron chi connectivity index (χ0n) is 9.74. The molecule has 0 radical (unpaired) electrons. The Hall–Kier alpha value is -1.85. The van der Waals surface area contributed by atoms with E-state index in [2.05, 4.69) is 10.4 Å². The Bertz CT molecular complexity index is 429. The lowest BCUT2D eigenvalue weighted by atomic mass is 9.96. The number of amides is 1. The van der Waals surface area contributed by atoms with E-state index in [4.69, 9.17) is 5.11 Å². The smallest absolute Gasteiger partial charge is 0.341 e. The zero-order valence-corrected chi connectivity index (χ0v) is 9.74. The van der Waals surface area contributed by atoms with Gasteiger partial charge in [-0.25, -0.2) is 4.79 Å². The summed E-state index contributed by atoms with van der Waals surface area (Å²) < 4.78 is 1.35. The highest BCUT2D eigenvalue weighted by Gasteiger charge is 2.24. The number of aromatic nitrogens is 2. The summed E-state index contributed by atoms with van der Waals surface area (Å²) in [6, 6.07) is 0. The minimum atomic E-state index is -1.11. The van der Waals surface area contributed by atoms with Crippen LogP contribution in [0.15, 0.2) is 6.20 Å². The lowest BCUT2D eigenvalue weighted by molar-refractivity contribution is -0.123. The van der Waals surface area contributed by atoms with E-state index in [-0.39, 0.29) is 17.3 Å². The van der Waals surface area contributed by atoms with Crippen LogP contribution in [0.25, 0.3) is 0 Å². The molecule has 1 rings (SSSR count). The average molecular weight is 225 g/mol. The molecule has 0 aliphatic heterocycles. The van der Waals surface area contributed by atoms with Gasteiger partial charge in [0, 0.05) is 18.7 Å². The number of nitrogens with one attached hydrogen (secondary N) is 1. The van der Waals surface area contributed by atoms with E-state index in [0.29, 0.717) is 0 Å². The van der Waals surface area contributed by atoms with Gasteiger partial charge in [-0.1, -0.05) is 20.8 Å². The molecule has 1 amide bonds. The van der Waals surface area contributed by atoms with Crippen molar-refractivity contribution in [1.82, 2.24) is 9.78 Å². The van der Waals surface area contributed by atoms with E-state index in [1.807, 2.05) is 0 Å². The van der Waals surface area contributed by atoms with Crippen molar-refractivity contribution >= 4 is 17.7 Å². The summed E-state index contributed by atoms with van der Waals surface area (Å²) in [5, 5.41) is 15.3. The minimum absolute atomic E-state index is 0.0138. The predicted molar refractivity (Wildman–Crippen MR) is 58.3 cm³/mol. The summed E-state index contributed by atoms with van der Waals surface area (Å²) in [6.07, 6.45) is 1.35. The molecule has 0 saturated carbocycles. The lowest BCUT2D eigenvalue weighted by Gasteiger charge is -2.16. The number of rotatable bonds is 2. The van der Waals surface area contributed by atoms with Crippen molar-refractivity contribution in [3.63, 3.8) is 0 Å². The number of aryl methyl sites for hydroxylation is 1. The molecule has 1 aromatic rings. The van der Waals surface area contributed by atoms with Gasteiger partial charge in [0.2, 0.25) is 5.91 Å². The SMILES string of the molecule is Cn1cc(C(=O)O)c(NC(=O)C(C)(C)C)n1. The maximum Gasteiger partial charge on any atom is 0.341 e. The molecule has 88 valence electrons. The van der Waals surface area contributed by atoms with Crippen LogP contribution in [0, 0.1) is 5.41 Å². The first-order chi connectivity index (χ1) is 7.21. The number of carboxylic acid groups (broad SMARTS) is 1. The van der Waals surface area contributed by atoms with Gasteiger partial charge >= 0.3 is 5.97 Å². The Morgan fingerprint density at radius 2 is 2.00 bits per heavy atom. The quantitative estimate of drug-likeness (QED) is 0.789. The van der Waals surface area contributed by atoms with Crippen LogP contribution in [0.3, 0.4) is 0 Å². The fourth-order valence-electron chi connectivity index (χ4n) is 1.03. The largest absolute Gasteiger partial charge is 0.477 e. The van der Waals surface area contributed by atoms with Gasteiger partial charge in [-0.3, -0.25) is 9.48 Å². The number of nitrogens with zero attached hydrogens (tertiary/aromatic N) is 2. The number of carboxylic acids is 1. The van der Waals surface area contributed by atoms with Gasteiger partial charge in [0.05, 0.1) is 0 Å². The molecular formula is C10H15N3O3. The summed E-state index contributed by atoms with van der Waals surface area (Å²) in [5.41, 5.74) is -0.604. The molecule has 6 heteroatoms. The van der Waals surface area contributed by atoms with E-state index in [9.17, 15) is 9.59 Å². The van der Waals surface area contributed by atoms with Crippen molar-refractivity contribution in [2.45, 2.75) is 20.8 Å². The zero-order chi connectivity index (χ0) is 12.5. The third kappa shape index (κ3) is 2.59. The average Bonchev–Trinajstić information content (AvgIpc) is 2.45. The molecule has 0 unspecified atom stereocenters. The van der Waals surface area contributed by atoms with E-state index < -0.39 is 11.4 Å². The molecule has 1 heterocycles. The summed E-state index contributed by atoms with van der Waals surface area (Å²) in [6.45, 7) is 5.23. The molecule has 0 spiro atoms. The number of aromatic carboxylic acids is 1. The van der Waals surface area contributed by atoms with E-state index >= 15 is 0 Å². The standard InChI is InChI=1S/C10H15N3O3/c1-10(2,3)9(16)11-7-6(8(14)15)5-13(4)12-7/h5H,1-4H3,(H,14,15)(H,11,12,16). The summed E-state index contributed by atoms with van der Waals surface area (Å²) in [5.74, 6) is -1.30. The molecule has 0 bridgehead atoms. The number of hydrogen-bond acceptors (Lipinski definition) is 3. The van der Waals surface area contributed by atoms with Crippen LogP contribution in [0.1, 0.15) is 31.1 Å². The predicted octanol–water partition coefficient (Wildman–Crippen LogP) is 1.10. The van der Waals surface area contributed by atoms with Crippen molar-refractivity contribution in [2.24, 2.45) is 12.5 Å². The Morgan fingerprint density at radius 1 is 1.44 bits per heavy atom. The number of anilines is 1. The highest BCUT2D eigenvalue weighted by atomic mass is 16.4. The van der Waals surface area contributed by atoms with Crippen LogP contribution in [0.4, 0.5) is 5.82 Å². The second-order valence-electron chi connectivity index (χ2n) is 4.57. The van der Waals surface area contributed by atoms with E-state index in [1.165, 1.54) is 10.9 Å². The fraction of sp³-hybridized carbons (Fsp3) is 0.500. The molecular weight excluding hydrogens is 210 g/mol. The highest BCUT2D eigenvalue weighted by Crippen LogP contribution is 2.18. The second kappa shape index (κ2) is 3.96. The van der Waals surface area contributed by atoms with Gasteiger partial charge in [-0.05, 0) is 0 Å². The van der Waals surface area contributed by atoms with Crippen LogP contribution < -0.4 is 5.32 Å². The Balaban J connectivity index is 2.98. The Morgan fingerprint density at radius 3 is 2.44 bits per heavy atom. The molecule has 0 atom stereocenters. The minimum Gasteiger partial charge on any atom is -0.477 e. The number of carbonyl (C=O) groups is 2. The number of hydrogen-bond donors (Lipinski definition) is 2. The molecule has 16 heavy (non-hydrogen) atoms. The Kier molecular flexibility index (Phi) is 3.02. The molecule has 1 aromatic heterocycles. The van der Waals surface area contributed by atoms with Gasteiger partial charge in [0.25, 0.3) is 0 Å². The van der Waals surface area contributed by atoms with Crippen LogP contribution in [0.2, 0.25) is 0 Å². The molecule has 2 N–H and O–H groups in total. The van der Waals surface area contributed by atoms with E-state index in [1.54, 1.807) is 27.8 Å². The molecule has 0 aromatic carbocycles. The third-order valence-electron chi connectivity index (χ3n) is 1.97. The normalized spacial score (nSPS) is 11.2. The monoisotopic (exact) mass is 225 g/mol. The van der Waals surface area contributed by atoms with Crippen LogP contribution >= 0.6 is 0 Å². The summed E-state index contributed by atoms with van der Waals surface area (Å²) >= 11 is 0. The van der Waals surface area contributed by atoms with Crippen molar-refractivity contribution in [2.75, 3.05) is 5.32 Å². The lowest BCUT2D eigenvalue weighted by Crippen LogP contribution is -2.28. The van der Waals surface area contributed by atoms with Gasteiger partial charge in [-0.15, -0.1) is 0 Å². The van der Waals surface area contributed by atoms with Crippen molar-refractivity contribution < 1.29 is 14.7 Å². The first-order valence-corrected chi connectivity index (χ1v) is 4.80. The van der Waals surface area contributed by atoms with Gasteiger partial charge in [0.1, 0.15) is 5.56 Å². The fourth-order valence-corrected chi connectivity index (χ4v) is 1.03. The maximum atomic E-state index is 11.7. The molecule has 0 aliphatic rings. The maximum absolute atomic E-state index is 11.7. The highest BCUT2D eigenvalue weighted by molar-refractivity contribution is 6.00. The summed E-state index contributed by atoms with van der Waals surface area (Å²) in [7, 11) is 1.60. The van der Waals surface area contributed by atoms with Crippen molar-refractivity contribution in [3.8, 4) is 0 Å². The molecule has 0 fully saturated rings. The van der Waals surface area contributed by atoms with Gasteiger partial charge in [-0.2, -0.15) is 5.10 Å². The Labute approximate surface area is 93.3 Å². The topological polar surface area (TPSA) is 84.2 Å². The van der Waals surface area contributed by atoms with Crippen LogP contribution in [0.5, 0.6) is 0 Å².